The first-order chi connectivity index (χ1) is 8.10. The van der Waals surface area contributed by atoms with Gasteiger partial charge in [-0.15, -0.1) is 0 Å². The van der Waals surface area contributed by atoms with E-state index in [0.717, 1.165) is 0 Å². The van der Waals surface area contributed by atoms with Gasteiger partial charge in [0.05, 0.1) is 12.2 Å². The molecule has 1 heterocycles. The Kier molecular flexibility index (Phi) is 8.27. The van der Waals surface area contributed by atoms with Crippen LogP contribution in [0.4, 0.5) is 0 Å². The number of thiol groups is 1. The normalized spacial score (nSPS) is 10.2. The summed E-state index contributed by atoms with van der Waals surface area (Å²) in [5, 5.41) is 20.8. The molecular weight excluding hydrogens is 324 g/mol. The minimum atomic E-state index is -0.180. The average molecular weight is 338 g/mol. The van der Waals surface area contributed by atoms with E-state index >= 15 is 0 Å². The third-order valence-corrected chi connectivity index (χ3v) is 3.16. The van der Waals surface area contributed by atoms with Gasteiger partial charge in [0.25, 0.3) is 5.75 Å². The zero-order valence-corrected chi connectivity index (χ0v) is 14.9. The summed E-state index contributed by atoms with van der Waals surface area (Å²) in [7, 11) is 0. The van der Waals surface area contributed by atoms with Crippen molar-refractivity contribution in [3.8, 4) is 5.75 Å². The fourth-order valence-corrected chi connectivity index (χ4v) is 1.29. The maximum absolute atomic E-state index is 9.15. The minimum Gasteiger partial charge on any atom is -0.592 e. The summed E-state index contributed by atoms with van der Waals surface area (Å²) < 4.78 is 0.532. The Morgan fingerprint density at radius 3 is 2.94 bits per heavy atom. The van der Waals surface area contributed by atoms with Crippen molar-refractivity contribution in [3.05, 3.63) is 28.4 Å². The molecule has 0 saturated carbocycles. The van der Waals surface area contributed by atoms with Crippen molar-refractivity contribution in [2.75, 3.05) is 6.26 Å². The van der Waals surface area contributed by atoms with Crippen molar-refractivity contribution < 1.29 is 29.7 Å². The van der Waals surface area contributed by atoms with Crippen LogP contribution in [0, 0.1) is 6.92 Å². The topological polar surface area (TPSA) is 82.5 Å². The van der Waals surface area contributed by atoms with Crippen LogP contribution in [-0.4, -0.2) is 32.0 Å². The van der Waals surface area contributed by atoms with Crippen molar-refractivity contribution in [1.29, 1.82) is 0 Å². The molecule has 0 aliphatic carbocycles. The van der Waals surface area contributed by atoms with Crippen LogP contribution < -0.4 is 0 Å². The van der Waals surface area contributed by atoms with Crippen molar-refractivity contribution >= 4 is 34.5 Å². The van der Waals surface area contributed by atoms with Crippen LogP contribution in [0.1, 0.15) is 16.8 Å². The molecule has 0 saturated heterocycles. The number of pyridine rings is 1. The quantitative estimate of drug-likeness (QED) is 0.221. The Labute approximate surface area is 128 Å². The summed E-state index contributed by atoms with van der Waals surface area (Å²) in [6.45, 7) is 1.55. The molecule has 18 heavy (non-hydrogen) atoms. The molecule has 0 spiro atoms. The van der Waals surface area contributed by atoms with Crippen LogP contribution in [0.15, 0.2) is 11.3 Å². The summed E-state index contributed by atoms with van der Waals surface area (Å²) in [6, 6.07) is 0. The third-order valence-electron chi connectivity index (χ3n) is 2.07. The number of rotatable bonds is 3. The molecule has 5 nitrogen and oxygen atoms in total. The monoisotopic (exact) mass is 336 g/mol. The molecule has 3 N–H and O–H groups in total. The average Bonchev–Trinajstić information content (AvgIpc) is 2.34. The molecule has 0 unspecified atom stereocenters. The number of aryl methyl sites for hydroxylation is 1. The van der Waals surface area contributed by atoms with Gasteiger partial charge in [-0.3, -0.25) is 4.98 Å². The van der Waals surface area contributed by atoms with E-state index in [1.807, 2.05) is 6.26 Å². The van der Waals surface area contributed by atoms with E-state index in [1.165, 1.54) is 24.2 Å². The Morgan fingerprint density at radius 1 is 1.72 bits per heavy atom. The maximum Gasteiger partial charge on any atom is 2.00 e. The molecule has 0 aromatic carbocycles. The maximum atomic E-state index is 9.15. The second-order valence-electron chi connectivity index (χ2n) is 3.15. The smallest absolute Gasteiger partial charge is 0.592 e. The molecular formula is C10H14N3O2S2Zn+3. The SMILES string of the molecule is CSC(=[SH+])[N-]N=Cc1c(CO)cnc(C)c1[OH2+].[Zn+2]. The second-order valence-corrected chi connectivity index (χ2v) is 4.67. The Bertz CT molecular complexity index is 455. The van der Waals surface area contributed by atoms with Crippen LogP contribution >= 0.6 is 11.8 Å². The van der Waals surface area contributed by atoms with E-state index in [0.29, 0.717) is 21.1 Å². The first-order valence-corrected chi connectivity index (χ1v) is 6.42. The van der Waals surface area contributed by atoms with Gasteiger partial charge in [-0.2, -0.15) is 0 Å². The van der Waals surface area contributed by atoms with Gasteiger partial charge in [-0.05, 0) is 13.2 Å². The molecule has 0 aliphatic rings. The van der Waals surface area contributed by atoms with Crippen molar-refractivity contribution in [2.24, 2.45) is 5.10 Å². The minimum absolute atomic E-state index is 0. The van der Waals surface area contributed by atoms with Gasteiger partial charge in [0.1, 0.15) is 5.69 Å². The van der Waals surface area contributed by atoms with Gasteiger partial charge >= 0.3 is 19.5 Å². The number of hydrogen-bond acceptors (Lipinski definition) is 4. The van der Waals surface area contributed by atoms with E-state index in [-0.39, 0.29) is 31.8 Å². The molecule has 0 aliphatic heterocycles. The number of aliphatic hydroxyl groups excluding tert-OH is 1. The number of aromatic nitrogens is 1. The third kappa shape index (κ3) is 4.61. The summed E-state index contributed by atoms with van der Waals surface area (Å²) in [6.07, 6.45) is 4.82. The van der Waals surface area contributed by atoms with E-state index in [1.54, 1.807) is 6.92 Å². The van der Waals surface area contributed by atoms with Crippen LogP contribution in [0.25, 0.3) is 5.43 Å². The van der Waals surface area contributed by atoms with E-state index in [2.05, 4.69) is 27.7 Å². The Balaban J connectivity index is 0.00000289. The predicted molar refractivity (Wildman–Crippen MR) is 76.2 cm³/mol. The second kappa shape index (κ2) is 8.53. The van der Waals surface area contributed by atoms with Gasteiger partial charge in [-0.1, -0.05) is 11.8 Å². The molecule has 92 valence electrons. The summed E-state index contributed by atoms with van der Waals surface area (Å²) >= 11 is 5.43. The van der Waals surface area contributed by atoms with Gasteiger partial charge in [0.2, 0.25) is 0 Å². The summed E-state index contributed by atoms with van der Waals surface area (Å²) in [4.78, 5) is 4.01. The number of thioether (sulfide) groups is 1. The van der Waals surface area contributed by atoms with E-state index in [9.17, 15) is 0 Å². The first-order valence-electron chi connectivity index (χ1n) is 4.75. The fraction of sp³-hybridized carbons (Fsp3) is 0.300. The molecule has 0 radical (unpaired) electrons. The van der Waals surface area contributed by atoms with Gasteiger partial charge in [0, 0.05) is 18.0 Å². The van der Waals surface area contributed by atoms with Gasteiger partial charge < -0.3 is 20.7 Å². The first kappa shape index (κ1) is 17.4. The van der Waals surface area contributed by atoms with Gasteiger partial charge in [-0.25, -0.2) is 0 Å². The Morgan fingerprint density at radius 2 is 2.39 bits per heavy atom. The van der Waals surface area contributed by atoms with E-state index < -0.39 is 0 Å². The van der Waals surface area contributed by atoms with Crippen LogP contribution in [0.5, 0.6) is 5.75 Å². The predicted octanol–water partition coefficient (Wildman–Crippen LogP) is 0.755. The van der Waals surface area contributed by atoms with Crippen LogP contribution in [0.2, 0.25) is 0 Å². The molecule has 0 bridgehead atoms. The molecule has 8 heteroatoms. The zero-order valence-electron chi connectivity index (χ0n) is 10.2. The van der Waals surface area contributed by atoms with Crippen LogP contribution in [0.3, 0.4) is 0 Å². The number of aliphatic hydroxyl groups is 1. The van der Waals surface area contributed by atoms with Crippen molar-refractivity contribution in [1.82, 2.24) is 4.98 Å². The van der Waals surface area contributed by atoms with Crippen molar-refractivity contribution in [3.63, 3.8) is 0 Å². The molecule has 1 aromatic rings. The van der Waals surface area contributed by atoms with E-state index in [4.69, 9.17) is 10.2 Å². The Hall–Kier alpha value is -0.557. The standard InChI is InChI=1S/C10H13N3O2S2.Zn/c1-6-9(15)8(7(5-14)3-11-6)4-12-13-10(16)17-2;/h3-4,14H,5H2,1-2H3,(H2,11,12,13,15,16);/q;+2/p+1. The number of hydrogen-bond donors (Lipinski definition) is 1. The molecule has 0 fully saturated rings. The molecule has 0 atom stereocenters. The largest absolute Gasteiger partial charge is 2.00 e. The van der Waals surface area contributed by atoms with Crippen LogP contribution in [-0.2, 0) is 38.3 Å². The number of nitrogens with zero attached hydrogens (tertiary/aromatic N) is 3. The molecule has 1 rings (SSSR count). The van der Waals surface area contributed by atoms with Gasteiger partial charge in [0.15, 0.2) is 16.5 Å². The summed E-state index contributed by atoms with van der Waals surface area (Å²) in [5.41, 5.74) is 5.49. The summed E-state index contributed by atoms with van der Waals surface area (Å²) in [5.74, 6) is 0.250. The fourth-order valence-electron chi connectivity index (χ4n) is 1.11. The molecule has 1 aromatic heterocycles. The van der Waals surface area contributed by atoms with Crippen molar-refractivity contribution in [2.45, 2.75) is 13.5 Å². The molecule has 0 amide bonds. The zero-order chi connectivity index (χ0) is 12.8.